The number of aliphatic carboxylic acids is 1. The molecule has 8 nitrogen and oxygen atoms in total. The maximum absolute atomic E-state index is 13.9. The van der Waals surface area contributed by atoms with Gasteiger partial charge in [-0.2, -0.15) is 13.2 Å². The standard InChI is InChI=1S/C32H28F3N3O5S/c33-32(34,35)25-6-3-5-23(18-25)22-10-14-27(15-11-22)44(42,43)38-28-7-2-1-4-24(28)19-29(38)31(41)37-20-21-8-12-26(13-9-21)36-17-16-30(39)40/h1-15,18,29,36H,16-17,19-20H2,(H,37,41)(H,39,40)/t29-/m0/s1. The molecule has 0 fully saturated rings. The lowest BCUT2D eigenvalue weighted by Gasteiger charge is -2.26. The van der Waals surface area contributed by atoms with Crippen LogP contribution in [0.2, 0.25) is 0 Å². The third-order valence-corrected chi connectivity index (χ3v) is 9.09. The molecule has 12 heteroatoms. The third-order valence-electron chi connectivity index (χ3n) is 7.25. The summed E-state index contributed by atoms with van der Waals surface area (Å²) in [5.74, 6) is -1.40. The number of para-hydroxylation sites is 1. The van der Waals surface area contributed by atoms with Crippen molar-refractivity contribution in [1.82, 2.24) is 5.32 Å². The first-order chi connectivity index (χ1) is 20.9. The van der Waals surface area contributed by atoms with E-state index in [1.54, 1.807) is 48.5 Å². The number of nitrogens with zero attached hydrogens (tertiary/aromatic N) is 1. The van der Waals surface area contributed by atoms with E-state index in [9.17, 15) is 31.2 Å². The molecule has 0 bridgehead atoms. The molecule has 1 atom stereocenters. The molecule has 1 heterocycles. The van der Waals surface area contributed by atoms with Gasteiger partial charge in [0.25, 0.3) is 10.0 Å². The molecule has 1 amide bonds. The zero-order valence-electron chi connectivity index (χ0n) is 23.2. The van der Waals surface area contributed by atoms with Crippen LogP contribution in [0, 0.1) is 0 Å². The molecule has 0 saturated carbocycles. The number of anilines is 2. The highest BCUT2D eigenvalue weighted by Gasteiger charge is 2.42. The molecule has 4 aromatic rings. The highest BCUT2D eigenvalue weighted by Crippen LogP contribution is 2.38. The highest BCUT2D eigenvalue weighted by molar-refractivity contribution is 7.93. The summed E-state index contributed by atoms with van der Waals surface area (Å²) in [6.07, 6.45) is -4.38. The lowest BCUT2D eigenvalue weighted by atomic mass is 10.0. The lowest BCUT2D eigenvalue weighted by Crippen LogP contribution is -2.47. The van der Waals surface area contributed by atoms with Crippen molar-refractivity contribution in [3.8, 4) is 11.1 Å². The number of carbonyl (C=O) groups is 2. The Labute approximate surface area is 252 Å². The molecule has 0 unspecified atom stereocenters. The summed E-state index contributed by atoms with van der Waals surface area (Å²) in [5.41, 5.74) is 2.45. The molecule has 228 valence electrons. The van der Waals surface area contributed by atoms with Gasteiger partial charge < -0.3 is 15.7 Å². The molecule has 0 aliphatic carbocycles. The number of nitrogens with one attached hydrogen (secondary N) is 2. The van der Waals surface area contributed by atoms with Gasteiger partial charge in [-0.25, -0.2) is 8.42 Å². The van der Waals surface area contributed by atoms with Gasteiger partial charge >= 0.3 is 12.1 Å². The van der Waals surface area contributed by atoms with Gasteiger partial charge in [-0.1, -0.05) is 54.6 Å². The van der Waals surface area contributed by atoms with Crippen LogP contribution in [0.5, 0.6) is 0 Å². The summed E-state index contributed by atoms with van der Waals surface area (Å²) in [5, 5.41) is 14.6. The van der Waals surface area contributed by atoms with Crippen LogP contribution in [0.1, 0.15) is 23.1 Å². The molecule has 0 saturated heterocycles. The Balaban J connectivity index is 1.33. The second kappa shape index (κ2) is 12.4. The van der Waals surface area contributed by atoms with Gasteiger partial charge in [-0.3, -0.25) is 13.9 Å². The molecule has 44 heavy (non-hydrogen) atoms. The van der Waals surface area contributed by atoms with Crippen LogP contribution in [0.4, 0.5) is 24.5 Å². The van der Waals surface area contributed by atoms with Gasteiger partial charge in [0.1, 0.15) is 6.04 Å². The van der Waals surface area contributed by atoms with Crippen molar-refractivity contribution in [2.45, 2.75) is 36.5 Å². The van der Waals surface area contributed by atoms with Gasteiger partial charge in [-0.15, -0.1) is 0 Å². The summed E-state index contributed by atoms with van der Waals surface area (Å²) in [4.78, 5) is 24.0. The first-order valence-electron chi connectivity index (χ1n) is 13.7. The Kier molecular flexibility index (Phi) is 8.63. The van der Waals surface area contributed by atoms with Crippen molar-refractivity contribution in [1.29, 1.82) is 0 Å². The largest absolute Gasteiger partial charge is 0.481 e. The number of rotatable bonds is 10. The summed E-state index contributed by atoms with van der Waals surface area (Å²) in [6, 6.07) is 23.2. The SMILES string of the molecule is O=C(O)CCNc1ccc(CNC(=O)[C@@H]2Cc3ccccc3N2S(=O)(=O)c2ccc(-c3cccc(C(F)(F)F)c3)cc2)cc1. The normalized spacial score (nSPS) is 14.6. The Bertz CT molecular complexity index is 1780. The quantitative estimate of drug-likeness (QED) is 0.209. The van der Waals surface area contributed by atoms with E-state index in [0.29, 0.717) is 16.8 Å². The number of carbonyl (C=O) groups excluding carboxylic acids is 1. The third kappa shape index (κ3) is 6.70. The zero-order chi connectivity index (χ0) is 31.5. The molecular formula is C32H28F3N3O5S. The second-order valence-electron chi connectivity index (χ2n) is 10.2. The number of halogens is 3. The molecular weight excluding hydrogens is 595 g/mol. The summed E-state index contributed by atoms with van der Waals surface area (Å²) in [7, 11) is -4.24. The van der Waals surface area contributed by atoms with Gasteiger partial charge in [-0.05, 0) is 64.7 Å². The Morgan fingerprint density at radius 3 is 2.27 bits per heavy atom. The van der Waals surface area contributed by atoms with Crippen molar-refractivity contribution < 1.29 is 36.3 Å². The minimum absolute atomic E-state index is 0.0268. The maximum Gasteiger partial charge on any atom is 0.416 e. The van der Waals surface area contributed by atoms with E-state index in [1.807, 2.05) is 0 Å². The van der Waals surface area contributed by atoms with Crippen LogP contribution < -0.4 is 14.9 Å². The predicted octanol–water partition coefficient (Wildman–Crippen LogP) is 5.70. The molecule has 0 radical (unpaired) electrons. The van der Waals surface area contributed by atoms with E-state index >= 15 is 0 Å². The fraction of sp³-hybridized carbons (Fsp3) is 0.188. The summed E-state index contributed by atoms with van der Waals surface area (Å²) < 4.78 is 68.6. The molecule has 0 spiro atoms. The molecule has 5 rings (SSSR count). The monoisotopic (exact) mass is 623 g/mol. The van der Waals surface area contributed by atoms with Crippen molar-refractivity contribution in [2.24, 2.45) is 0 Å². The Morgan fingerprint density at radius 2 is 1.59 bits per heavy atom. The lowest BCUT2D eigenvalue weighted by molar-refractivity contribution is -0.138. The van der Waals surface area contributed by atoms with Crippen LogP contribution >= 0.6 is 0 Å². The molecule has 3 N–H and O–H groups in total. The molecule has 1 aliphatic rings. The average molecular weight is 624 g/mol. The van der Waals surface area contributed by atoms with Gasteiger partial charge in [0.2, 0.25) is 5.91 Å². The number of carboxylic acids is 1. The number of alkyl halides is 3. The number of amides is 1. The average Bonchev–Trinajstić information content (AvgIpc) is 3.41. The second-order valence-corrected chi connectivity index (χ2v) is 12.1. The smallest absolute Gasteiger partial charge is 0.416 e. The Morgan fingerprint density at radius 1 is 0.886 bits per heavy atom. The number of carboxylic acid groups (broad SMARTS) is 1. The number of fused-ring (bicyclic) bond motifs is 1. The molecule has 0 aromatic heterocycles. The van der Waals surface area contributed by atoms with E-state index < -0.39 is 39.7 Å². The van der Waals surface area contributed by atoms with Gasteiger partial charge in [0, 0.05) is 25.2 Å². The van der Waals surface area contributed by atoms with E-state index in [2.05, 4.69) is 10.6 Å². The predicted molar refractivity (Wildman–Crippen MR) is 160 cm³/mol. The van der Waals surface area contributed by atoms with Crippen molar-refractivity contribution in [2.75, 3.05) is 16.2 Å². The topological polar surface area (TPSA) is 116 Å². The summed E-state index contributed by atoms with van der Waals surface area (Å²) >= 11 is 0. The van der Waals surface area contributed by atoms with Crippen LogP contribution in [0.25, 0.3) is 11.1 Å². The van der Waals surface area contributed by atoms with E-state index in [0.717, 1.165) is 27.7 Å². The minimum Gasteiger partial charge on any atom is -0.481 e. The van der Waals surface area contributed by atoms with Crippen molar-refractivity contribution >= 4 is 33.3 Å². The van der Waals surface area contributed by atoms with Crippen LogP contribution in [0.15, 0.2) is 102 Å². The fourth-order valence-electron chi connectivity index (χ4n) is 5.02. The van der Waals surface area contributed by atoms with E-state index in [-0.39, 0.29) is 36.4 Å². The van der Waals surface area contributed by atoms with Crippen molar-refractivity contribution in [3.63, 3.8) is 0 Å². The van der Waals surface area contributed by atoms with Crippen LogP contribution in [-0.4, -0.2) is 38.0 Å². The first kappa shape index (κ1) is 30.6. The Hall–Kier alpha value is -4.84. The number of hydrogen-bond acceptors (Lipinski definition) is 5. The number of hydrogen-bond donors (Lipinski definition) is 3. The van der Waals surface area contributed by atoms with Gasteiger partial charge in [0.15, 0.2) is 0 Å². The number of sulfonamides is 1. The fourth-order valence-corrected chi connectivity index (χ4v) is 6.67. The zero-order valence-corrected chi connectivity index (χ0v) is 24.0. The first-order valence-corrected chi connectivity index (χ1v) is 15.1. The molecule has 1 aliphatic heterocycles. The van der Waals surface area contributed by atoms with Crippen LogP contribution in [-0.2, 0) is 38.8 Å². The highest BCUT2D eigenvalue weighted by atomic mass is 32.2. The van der Waals surface area contributed by atoms with Crippen LogP contribution in [0.3, 0.4) is 0 Å². The summed E-state index contributed by atoms with van der Waals surface area (Å²) in [6.45, 7) is 0.409. The molecule has 4 aromatic carbocycles. The maximum atomic E-state index is 13.9. The minimum atomic E-state index is -4.51. The number of benzene rings is 4. The van der Waals surface area contributed by atoms with E-state index in [4.69, 9.17) is 5.11 Å². The van der Waals surface area contributed by atoms with Crippen molar-refractivity contribution in [3.05, 3.63) is 114 Å². The van der Waals surface area contributed by atoms with Gasteiger partial charge in [0.05, 0.1) is 22.6 Å². The van der Waals surface area contributed by atoms with E-state index in [1.165, 1.54) is 36.4 Å².